The lowest BCUT2D eigenvalue weighted by atomic mass is 9.74. The number of carbonyl (C=O) groups is 2. The zero-order valence-electron chi connectivity index (χ0n) is 14.4. The monoisotopic (exact) mass is 331 g/mol. The van der Waals surface area contributed by atoms with Crippen molar-refractivity contribution in [2.24, 2.45) is 7.05 Å². The van der Waals surface area contributed by atoms with Crippen LogP contribution >= 0.6 is 0 Å². The summed E-state index contributed by atoms with van der Waals surface area (Å²) < 4.78 is 1.80. The second-order valence-corrected chi connectivity index (χ2v) is 7.47. The molecule has 0 radical (unpaired) electrons. The quantitative estimate of drug-likeness (QED) is 0.881. The first kappa shape index (κ1) is 15.5. The summed E-state index contributed by atoms with van der Waals surface area (Å²) in [5, 5.41) is 7.35. The first-order chi connectivity index (χ1) is 11.5. The number of rotatable bonds is 2. The molecule has 1 aliphatic carbocycles. The van der Waals surface area contributed by atoms with Gasteiger partial charge in [0.15, 0.2) is 0 Å². The highest BCUT2D eigenvalue weighted by Crippen LogP contribution is 2.48. The fourth-order valence-corrected chi connectivity index (χ4v) is 4.31. The van der Waals surface area contributed by atoms with E-state index in [9.17, 15) is 9.59 Å². The maximum absolute atomic E-state index is 12.4. The van der Waals surface area contributed by atoms with E-state index in [0.717, 1.165) is 31.2 Å². The maximum Gasteiger partial charge on any atom is 0.317 e. The fourth-order valence-electron chi connectivity index (χ4n) is 4.31. The normalized spacial score (nSPS) is 26.2. The second-order valence-electron chi connectivity index (χ2n) is 7.47. The minimum Gasteiger partial charge on any atom is -0.339 e. The number of hydrogen-bond acceptors (Lipinski definition) is 3. The van der Waals surface area contributed by atoms with E-state index in [1.54, 1.807) is 4.68 Å². The number of aryl methyl sites for hydroxylation is 1. The number of urea groups is 1. The van der Waals surface area contributed by atoms with Crippen LogP contribution in [0, 0.1) is 0 Å². The molecule has 4 rings (SSSR count). The molecule has 1 spiro atoms. The molecule has 2 aliphatic heterocycles. The summed E-state index contributed by atoms with van der Waals surface area (Å²) in [5.41, 5.74) is 0.947. The van der Waals surface area contributed by atoms with Crippen molar-refractivity contribution in [3.05, 3.63) is 18.0 Å². The summed E-state index contributed by atoms with van der Waals surface area (Å²) in [6, 6.07) is 0.435. The third-order valence-electron chi connectivity index (χ3n) is 6.02. The molecule has 1 aromatic heterocycles. The standard InChI is InChI=1S/C17H25N5O2/c1-20-11-12(10-18-20)14-9-15(23)21(2)17(14)5-7-22(8-6-17)16(24)19-13-3-4-13/h10-11,13-14H,3-9H2,1-2H3,(H,19,24). The van der Waals surface area contributed by atoms with Crippen LogP contribution < -0.4 is 5.32 Å². The van der Waals surface area contributed by atoms with Crippen molar-refractivity contribution >= 4 is 11.9 Å². The van der Waals surface area contributed by atoms with E-state index in [2.05, 4.69) is 10.4 Å². The molecule has 2 saturated heterocycles. The Kier molecular flexibility index (Phi) is 3.54. The average molecular weight is 331 g/mol. The Hall–Kier alpha value is -2.05. The summed E-state index contributed by atoms with van der Waals surface area (Å²) in [4.78, 5) is 28.5. The maximum atomic E-state index is 12.4. The van der Waals surface area contributed by atoms with Crippen LogP contribution in [0.1, 0.15) is 43.6 Å². The number of nitrogens with zero attached hydrogens (tertiary/aromatic N) is 4. The SMILES string of the molecule is CN1C(=O)CC(c2cnn(C)c2)C12CCN(C(=O)NC1CC1)CC2. The summed E-state index contributed by atoms with van der Waals surface area (Å²) in [7, 11) is 3.82. The Balaban J connectivity index is 1.51. The van der Waals surface area contributed by atoms with Gasteiger partial charge in [-0.05, 0) is 31.2 Å². The number of amides is 3. The van der Waals surface area contributed by atoms with Gasteiger partial charge in [-0.15, -0.1) is 0 Å². The predicted molar refractivity (Wildman–Crippen MR) is 88.4 cm³/mol. The number of piperidine rings is 1. The molecule has 24 heavy (non-hydrogen) atoms. The number of carbonyl (C=O) groups excluding carboxylic acids is 2. The van der Waals surface area contributed by atoms with Crippen molar-refractivity contribution in [1.29, 1.82) is 0 Å². The molecule has 7 nitrogen and oxygen atoms in total. The molecule has 1 saturated carbocycles. The molecule has 0 aromatic carbocycles. The number of hydrogen-bond donors (Lipinski definition) is 1. The topological polar surface area (TPSA) is 70.5 Å². The van der Waals surface area contributed by atoms with Gasteiger partial charge in [0.05, 0.1) is 11.7 Å². The van der Waals surface area contributed by atoms with Crippen LogP contribution in [0.3, 0.4) is 0 Å². The van der Waals surface area contributed by atoms with E-state index in [1.807, 2.05) is 36.3 Å². The van der Waals surface area contributed by atoms with E-state index in [-0.39, 0.29) is 23.4 Å². The van der Waals surface area contributed by atoms with Crippen molar-refractivity contribution in [2.45, 2.75) is 49.6 Å². The van der Waals surface area contributed by atoms with Crippen molar-refractivity contribution in [2.75, 3.05) is 20.1 Å². The smallest absolute Gasteiger partial charge is 0.317 e. The van der Waals surface area contributed by atoms with Gasteiger partial charge in [0, 0.05) is 51.8 Å². The molecule has 130 valence electrons. The van der Waals surface area contributed by atoms with E-state index in [4.69, 9.17) is 0 Å². The molecule has 3 aliphatic rings. The van der Waals surface area contributed by atoms with Gasteiger partial charge in [0.1, 0.15) is 0 Å². The van der Waals surface area contributed by atoms with E-state index in [0.29, 0.717) is 25.6 Å². The van der Waals surface area contributed by atoms with Gasteiger partial charge in [0.25, 0.3) is 0 Å². The molecule has 7 heteroatoms. The Morgan fingerprint density at radius 3 is 2.58 bits per heavy atom. The van der Waals surface area contributed by atoms with Gasteiger partial charge in [-0.1, -0.05) is 0 Å². The predicted octanol–water partition coefficient (Wildman–Crippen LogP) is 1.07. The average Bonchev–Trinajstić information content (AvgIpc) is 3.24. The zero-order valence-corrected chi connectivity index (χ0v) is 14.4. The first-order valence-electron chi connectivity index (χ1n) is 8.80. The van der Waals surface area contributed by atoms with Crippen LogP contribution in [-0.2, 0) is 11.8 Å². The molecule has 1 aromatic rings. The van der Waals surface area contributed by atoms with Gasteiger partial charge < -0.3 is 15.1 Å². The summed E-state index contributed by atoms with van der Waals surface area (Å²) >= 11 is 0. The molecule has 3 fully saturated rings. The van der Waals surface area contributed by atoms with Gasteiger partial charge in [-0.3, -0.25) is 9.48 Å². The molecular weight excluding hydrogens is 306 g/mol. The van der Waals surface area contributed by atoms with E-state index >= 15 is 0 Å². The van der Waals surface area contributed by atoms with Crippen LogP contribution in [0.15, 0.2) is 12.4 Å². The third kappa shape index (κ3) is 2.46. The van der Waals surface area contributed by atoms with Gasteiger partial charge in [0.2, 0.25) is 5.91 Å². The second kappa shape index (κ2) is 5.50. The van der Waals surface area contributed by atoms with Gasteiger partial charge in [-0.2, -0.15) is 5.10 Å². The Morgan fingerprint density at radius 2 is 2.00 bits per heavy atom. The van der Waals surface area contributed by atoms with Gasteiger partial charge in [-0.25, -0.2) is 4.79 Å². The summed E-state index contributed by atoms with van der Waals surface area (Å²) in [6.07, 6.45) is 8.29. The molecule has 3 amide bonds. The number of likely N-dealkylation sites (tertiary alicyclic amines) is 2. The molecule has 0 bridgehead atoms. The first-order valence-corrected chi connectivity index (χ1v) is 8.80. The minimum absolute atomic E-state index is 0.0530. The van der Waals surface area contributed by atoms with E-state index < -0.39 is 0 Å². The fraction of sp³-hybridized carbons (Fsp3) is 0.706. The van der Waals surface area contributed by atoms with Crippen LogP contribution in [0.5, 0.6) is 0 Å². The lowest BCUT2D eigenvalue weighted by Gasteiger charge is -2.46. The van der Waals surface area contributed by atoms with Crippen LogP contribution in [0.2, 0.25) is 0 Å². The Morgan fingerprint density at radius 1 is 1.29 bits per heavy atom. The van der Waals surface area contributed by atoms with Crippen LogP contribution in [0.25, 0.3) is 0 Å². The summed E-state index contributed by atoms with van der Waals surface area (Å²) in [5.74, 6) is 0.358. The third-order valence-corrected chi connectivity index (χ3v) is 6.02. The van der Waals surface area contributed by atoms with Crippen LogP contribution in [-0.4, -0.2) is 63.2 Å². The minimum atomic E-state index is -0.184. The van der Waals surface area contributed by atoms with Crippen molar-refractivity contribution in [1.82, 2.24) is 24.9 Å². The molecule has 3 heterocycles. The van der Waals surface area contributed by atoms with Crippen LogP contribution in [0.4, 0.5) is 4.79 Å². The summed E-state index contributed by atoms with van der Waals surface area (Å²) in [6.45, 7) is 1.40. The lowest BCUT2D eigenvalue weighted by Crippen LogP contribution is -2.56. The Labute approximate surface area is 142 Å². The van der Waals surface area contributed by atoms with E-state index in [1.165, 1.54) is 0 Å². The van der Waals surface area contributed by atoms with Gasteiger partial charge >= 0.3 is 6.03 Å². The zero-order chi connectivity index (χ0) is 16.9. The molecule has 1 unspecified atom stereocenters. The molecule has 1 N–H and O–H groups in total. The van der Waals surface area contributed by atoms with Crippen molar-refractivity contribution in [3.8, 4) is 0 Å². The Bertz CT molecular complexity index is 658. The highest BCUT2D eigenvalue weighted by molar-refractivity contribution is 5.81. The number of nitrogens with one attached hydrogen (secondary N) is 1. The number of likely N-dealkylation sites (N-methyl/N-ethyl adjacent to an activating group) is 1. The largest absolute Gasteiger partial charge is 0.339 e. The lowest BCUT2D eigenvalue weighted by molar-refractivity contribution is -0.130. The highest BCUT2D eigenvalue weighted by atomic mass is 16.2. The highest BCUT2D eigenvalue weighted by Gasteiger charge is 2.53. The molecule has 1 atom stereocenters. The van der Waals surface area contributed by atoms with Crippen molar-refractivity contribution in [3.63, 3.8) is 0 Å². The molecular formula is C17H25N5O2. The number of aromatic nitrogens is 2. The van der Waals surface area contributed by atoms with Crippen molar-refractivity contribution < 1.29 is 9.59 Å².